The monoisotopic (exact) mass is 280 g/mol. The molecule has 0 spiro atoms. The van der Waals surface area contributed by atoms with Crippen molar-refractivity contribution in [2.24, 2.45) is 0 Å². The average Bonchev–Trinajstić information content (AvgIpc) is 2.53. The van der Waals surface area contributed by atoms with E-state index in [0.717, 1.165) is 11.3 Å². The Labute approximate surface area is 124 Å². The van der Waals surface area contributed by atoms with Crippen LogP contribution in [0.5, 0.6) is 0 Å². The molecule has 106 valence electrons. The molecule has 0 aliphatic carbocycles. The number of hydrogen-bond acceptors (Lipinski definition) is 4. The minimum absolute atomic E-state index is 0.191. The molecule has 0 saturated carbocycles. The highest BCUT2D eigenvalue weighted by molar-refractivity contribution is 5.90. The van der Waals surface area contributed by atoms with Crippen LogP contribution in [0.1, 0.15) is 21.5 Å². The second-order valence-electron chi connectivity index (χ2n) is 4.83. The molecular formula is C17H16N2O2. The number of anilines is 1. The van der Waals surface area contributed by atoms with Crippen LogP contribution in [0.25, 0.3) is 0 Å². The van der Waals surface area contributed by atoms with Gasteiger partial charge in [-0.05, 0) is 35.9 Å². The first-order chi connectivity index (χ1) is 10.1. The minimum Gasteiger partial charge on any atom is -0.457 e. The van der Waals surface area contributed by atoms with Crippen molar-refractivity contribution in [3.05, 3.63) is 65.2 Å². The molecule has 0 atom stereocenters. The van der Waals surface area contributed by atoms with Crippen molar-refractivity contribution in [2.75, 3.05) is 19.0 Å². The lowest BCUT2D eigenvalue weighted by Gasteiger charge is -2.13. The van der Waals surface area contributed by atoms with Crippen LogP contribution in [0.4, 0.5) is 5.69 Å². The maximum absolute atomic E-state index is 12.0. The predicted octanol–water partition coefficient (Wildman–Crippen LogP) is 2.98. The molecule has 0 heterocycles. The van der Waals surface area contributed by atoms with Gasteiger partial charge in [0.05, 0.1) is 17.2 Å². The summed E-state index contributed by atoms with van der Waals surface area (Å²) >= 11 is 0. The van der Waals surface area contributed by atoms with Crippen molar-refractivity contribution in [3.63, 3.8) is 0 Å². The maximum atomic E-state index is 12.0. The lowest BCUT2D eigenvalue weighted by atomic mass is 10.1. The van der Waals surface area contributed by atoms with Crippen molar-refractivity contribution in [1.82, 2.24) is 0 Å². The van der Waals surface area contributed by atoms with Crippen LogP contribution in [0.2, 0.25) is 0 Å². The highest BCUT2D eigenvalue weighted by Gasteiger charge is 2.08. The largest absolute Gasteiger partial charge is 0.457 e. The summed E-state index contributed by atoms with van der Waals surface area (Å²) in [4.78, 5) is 14.0. The van der Waals surface area contributed by atoms with Gasteiger partial charge in [-0.25, -0.2) is 4.79 Å². The molecule has 2 aromatic carbocycles. The first kappa shape index (κ1) is 14.6. The van der Waals surface area contributed by atoms with Gasteiger partial charge in [0.2, 0.25) is 0 Å². The summed E-state index contributed by atoms with van der Waals surface area (Å²) < 4.78 is 5.28. The Morgan fingerprint density at radius 2 is 1.90 bits per heavy atom. The Hall–Kier alpha value is -2.80. The third kappa shape index (κ3) is 3.83. The highest BCUT2D eigenvalue weighted by Crippen LogP contribution is 2.15. The van der Waals surface area contributed by atoms with Crippen molar-refractivity contribution in [3.8, 4) is 6.07 Å². The van der Waals surface area contributed by atoms with Crippen LogP contribution in [-0.4, -0.2) is 20.1 Å². The number of carbonyl (C=O) groups excluding carboxylic acids is 1. The number of ether oxygens (including phenoxy) is 1. The number of rotatable bonds is 4. The molecule has 4 heteroatoms. The van der Waals surface area contributed by atoms with Crippen LogP contribution in [-0.2, 0) is 11.3 Å². The number of hydrogen-bond donors (Lipinski definition) is 0. The highest BCUT2D eigenvalue weighted by atomic mass is 16.5. The Kier molecular flexibility index (Phi) is 4.57. The molecule has 0 N–H and O–H groups in total. The fourth-order valence-corrected chi connectivity index (χ4v) is 1.82. The summed E-state index contributed by atoms with van der Waals surface area (Å²) in [6.45, 7) is 0.191. The van der Waals surface area contributed by atoms with Crippen LogP contribution < -0.4 is 4.90 Å². The molecule has 2 rings (SSSR count). The standard InChI is InChI=1S/C17H16N2O2/c1-19(2)16-5-3-4-15(10-16)17(20)21-12-14-8-6-13(11-18)7-9-14/h3-10H,12H2,1-2H3. The molecule has 0 fully saturated rings. The van der Waals surface area contributed by atoms with Gasteiger partial charge in [-0.3, -0.25) is 0 Å². The molecule has 0 aliphatic heterocycles. The van der Waals surface area contributed by atoms with Gasteiger partial charge in [0.1, 0.15) is 6.61 Å². The Bertz CT molecular complexity index is 670. The van der Waals surface area contributed by atoms with E-state index in [0.29, 0.717) is 11.1 Å². The van der Waals surface area contributed by atoms with Crippen LogP contribution in [0, 0.1) is 11.3 Å². The molecule has 0 saturated heterocycles. The van der Waals surface area contributed by atoms with Gasteiger partial charge in [0, 0.05) is 19.8 Å². The lowest BCUT2D eigenvalue weighted by molar-refractivity contribution is 0.0473. The van der Waals surface area contributed by atoms with Crippen molar-refractivity contribution in [1.29, 1.82) is 5.26 Å². The number of nitriles is 1. The average molecular weight is 280 g/mol. The second-order valence-corrected chi connectivity index (χ2v) is 4.83. The van der Waals surface area contributed by atoms with E-state index in [9.17, 15) is 4.79 Å². The van der Waals surface area contributed by atoms with E-state index in [-0.39, 0.29) is 12.6 Å². The van der Waals surface area contributed by atoms with Crippen LogP contribution in [0.3, 0.4) is 0 Å². The first-order valence-electron chi connectivity index (χ1n) is 6.53. The second kappa shape index (κ2) is 6.58. The molecule has 0 amide bonds. The maximum Gasteiger partial charge on any atom is 0.338 e. The summed E-state index contributed by atoms with van der Waals surface area (Å²) in [6, 6.07) is 16.3. The first-order valence-corrected chi connectivity index (χ1v) is 6.53. The van der Waals surface area contributed by atoms with Crippen molar-refractivity contribution in [2.45, 2.75) is 6.61 Å². The van der Waals surface area contributed by atoms with Gasteiger partial charge >= 0.3 is 5.97 Å². The third-order valence-corrected chi connectivity index (χ3v) is 3.05. The summed E-state index contributed by atoms with van der Waals surface area (Å²) in [5.74, 6) is -0.358. The molecule has 0 radical (unpaired) electrons. The smallest absolute Gasteiger partial charge is 0.338 e. The van der Waals surface area contributed by atoms with E-state index in [1.165, 1.54) is 0 Å². The molecule has 2 aromatic rings. The van der Waals surface area contributed by atoms with Crippen LogP contribution in [0.15, 0.2) is 48.5 Å². The van der Waals surface area contributed by atoms with Gasteiger partial charge in [-0.15, -0.1) is 0 Å². The predicted molar refractivity (Wildman–Crippen MR) is 81.0 cm³/mol. The molecule has 0 aliphatic rings. The van der Waals surface area contributed by atoms with E-state index in [2.05, 4.69) is 0 Å². The van der Waals surface area contributed by atoms with Gasteiger partial charge in [-0.1, -0.05) is 18.2 Å². The zero-order valence-corrected chi connectivity index (χ0v) is 12.0. The van der Waals surface area contributed by atoms with E-state index in [1.54, 1.807) is 36.4 Å². The fourth-order valence-electron chi connectivity index (χ4n) is 1.82. The van der Waals surface area contributed by atoms with E-state index < -0.39 is 0 Å². The fraction of sp³-hybridized carbons (Fsp3) is 0.176. The van der Waals surface area contributed by atoms with Gasteiger partial charge in [-0.2, -0.15) is 5.26 Å². The molecule has 0 bridgehead atoms. The summed E-state index contributed by atoms with van der Waals surface area (Å²) in [5, 5.41) is 8.73. The Balaban J connectivity index is 2.01. The number of benzene rings is 2. The Morgan fingerprint density at radius 1 is 1.19 bits per heavy atom. The van der Waals surface area contributed by atoms with Crippen molar-refractivity contribution >= 4 is 11.7 Å². The van der Waals surface area contributed by atoms with Gasteiger partial charge < -0.3 is 9.64 Å². The Morgan fingerprint density at radius 3 is 2.52 bits per heavy atom. The van der Waals surface area contributed by atoms with Gasteiger partial charge in [0.25, 0.3) is 0 Å². The molecule has 0 unspecified atom stereocenters. The molecule has 0 aromatic heterocycles. The number of nitrogens with zero attached hydrogens (tertiary/aromatic N) is 2. The zero-order chi connectivity index (χ0) is 15.2. The van der Waals surface area contributed by atoms with E-state index in [4.69, 9.17) is 10.00 Å². The van der Waals surface area contributed by atoms with Gasteiger partial charge in [0.15, 0.2) is 0 Å². The minimum atomic E-state index is -0.358. The van der Waals surface area contributed by atoms with E-state index >= 15 is 0 Å². The summed E-state index contributed by atoms with van der Waals surface area (Å²) in [6.07, 6.45) is 0. The lowest BCUT2D eigenvalue weighted by Crippen LogP contribution is -2.11. The topological polar surface area (TPSA) is 53.3 Å². The quantitative estimate of drug-likeness (QED) is 0.808. The normalized spacial score (nSPS) is 9.76. The SMILES string of the molecule is CN(C)c1cccc(C(=O)OCc2ccc(C#N)cc2)c1. The molecule has 4 nitrogen and oxygen atoms in total. The molecule has 21 heavy (non-hydrogen) atoms. The summed E-state index contributed by atoms with van der Waals surface area (Å²) in [7, 11) is 3.84. The third-order valence-electron chi connectivity index (χ3n) is 3.05. The number of carbonyl (C=O) groups is 1. The van der Waals surface area contributed by atoms with Crippen molar-refractivity contribution < 1.29 is 9.53 Å². The zero-order valence-electron chi connectivity index (χ0n) is 12.0. The van der Waals surface area contributed by atoms with Crippen LogP contribution >= 0.6 is 0 Å². The molecular weight excluding hydrogens is 264 g/mol. The van der Waals surface area contributed by atoms with E-state index in [1.807, 2.05) is 37.2 Å². The summed E-state index contributed by atoms with van der Waals surface area (Å²) in [5.41, 5.74) is 2.91. The number of esters is 1.